The summed E-state index contributed by atoms with van der Waals surface area (Å²) >= 11 is 3.11. The number of alkyl halides is 6. The van der Waals surface area contributed by atoms with Crippen LogP contribution in [0.1, 0.15) is 11.1 Å². The van der Waals surface area contributed by atoms with Crippen LogP contribution < -0.4 is 10.5 Å². The number of anilines is 1. The highest BCUT2D eigenvalue weighted by molar-refractivity contribution is 9.10. The molecule has 0 saturated heterocycles. The third-order valence-electron chi connectivity index (χ3n) is 3.22. The van der Waals surface area contributed by atoms with E-state index in [1.807, 2.05) is 0 Å². The maximum Gasteiger partial charge on any atom is 0.416 e. The van der Waals surface area contributed by atoms with Crippen LogP contribution >= 0.6 is 15.9 Å². The predicted octanol–water partition coefficient (Wildman–Crippen LogP) is 5.74. The van der Waals surface area contributed by atoms with Crippen molar-refractivity contribution in [1.29, 1.82) is 0 Å². The van der Waals surface area contributed by atoms with Crippen LogP contribution in [0.3, 0.4) is 0 Å². The van der Waals surface area contributed by atoms with Crippen molar-refractivity contribution >= 4 is 21.6 Å². The molecule has 130 valence electrons. The molecular weight excluding hydrogens is 404 g/mol. The molecule has 0 radical (unpaired) electrons. The molecule has 2 aromatic carbocycles. The predicted molar refractivity (Wildman–Crippen MR) is 80.5 cm³/mol. The molecule has 2 nitrogen and oxygen atoms in total. The van der Waals surface area contributed by atoms with Crippen molar-refractivity contribution < 1.29 is 31.1 Å². The minimum absolute atomic E-state index is 0.0737. The van der Waals surface area contributed by atoms with E-state index >= 15 is 0 Å². The van der Waals surface area contributed by atoms with Gasteiger partial charge in [-0.05, 0) is 41.5 Å². The molecule has 0 heterocycles. The number of methoxy groups -OCH3 is 1. The Balaban J connectivity index is 2.73. The van der Waals surface area contributed by atoms with Crippen LogP contribution in [0.4, 0.5) is 32.0 Å². The van der Waals surface area contributed by atoms with Gasteiger partial charge in [0.25, 0.3) is 0 Å². The van der Waals surface area contributed by atoms with Crippen molar-refractivity contribution in [2.45, 2.75) is 12.4 Å². The lowest BCUT2D eigenvalue weighted by Crippen LogP contribution is -2.11. The molecule has 0 unspecified atom stereocenters. The number of halogens is 7. The second kappa shape index (κ2) is 6.19. The van der Waals surface area contributed by atoms with E-state index < -0.39 is 23.5 Å². The smallest absolute Gasteiger partial charge is 0.416 e. The fourth-order valence-corrected chi connectivity index (χ4v) is 2.63. The fraction of sp³-hybridized carbons (Fsp3) is 0.200. The average Bonchev–Trinajstić information content (AvgIpc) is 2.47. The molecule has 0 atom stereocenters. The minimum atomic E-state index is -4.92. The van der Waals surface area contributed by atoms with Crippen molar-refractivity contribution in [1.82, 2.24) is 0 Å². The SMILES string of the molecule is COc1cc(Br)c(-c2cc(C(F)(F)F)cc(C(F)(F)F)c2)cc1N. The first-order valence-electron chi connectivity index (χ1n) is 6.36. The Morgan fingerprint density at radius 3 is 1.79 bits per heavy atom. The van der Waals surface area contributed by atoms with E-state index in [0.717, 1.165) is 0 Å². The summed E-state index contributed by atoms with van der Waals surface area (Å²) in [6.07, 6.45) is -9.83. The lowest BCUT2D eigenvalue weighted by molar-refractivity contribution is -0.143. The minimum Gasteiger partial charge on any atom is -0.495 e. The third kappa shape index (κ3) is 3.77. The molecule has 0 aliphatic rings. The Morgan fingerprint density at radius 1 is 0.875 bits per heavy atom. The van der Waals surface area contributed by atoms with Gasteiger partial charge in [0.15, 0.2) is 0 Å². The van der Waals surface area contributed by atoms with Crippen molar-refractivity contribution in [2.24, 2.45) is 0 Å². The van der Waals surface area contributed by atoms with Gasteiger partial charge < -0.3 is 10.5 Å². The van der Waals surface area contributed by atoms with Crippen LogP contribution in [-0.2, 0) is 12.4 Å². The van der Waals surface area contributed by atoms with Gasteiger partial charge >= 0.3 is 12.4 Å². The van der Waals surface area contributed by atoms with Crippen molar-refractivity contribution in [3.63, 3.8) is 0 Å². The Hall–Kier alpha value is -1.90. The molecule has 2 N–H and O–H groups in total. The molecule has 0 aliphatic heterocycles. The van der Waals surface area contributed by atoms with Crippen molar-refractivity contribution in [2.75, 3.05) is 12.8 Å². The highest BCUT2D eigenvalue weighted by Gasteiger charge is 2.37. The first-order valence-corrected chi connectivity index (χ1v) is 7.15. The van der Waals surface area contributed by atoms with Gasteiger partial charge in [-0.2, -0.15) is 26.3 Å². The van der Waals surface area contributed by atoms with E-state index in [-0.39, 0.29) is 33.1 Å². The van der Waals surface area contributed by atoms with Crippen LogP contribution in [-0.4, -0.2) is 7.11 Å². The highest BCUT2D eigenvalue weighted by Crippen LogP contribution is 2.41. The maximum atomic E-state index is 12.9. The number of rotatable bonds is 2. The van der Waals surface area contributed by atoms with Gasteiger partial charge in [-0.15, -0.1) is 0 Å². The molecular formula is C15H10BrF6NO. The molecule has 24 heavy (non-hydrogen) atoms. The van der Waals surface area contributed by atoms with Gasteiger partial charge in [0.1, 0.15) is 5.75 Å². The van der Waals surface area contributed by atoms with Crippen LogP contribution in [0.15, 0.2) is 34.8 Å². The van der Waals surface area contributed by atoms with Crippen molar-refractivity contribution in [3.8, 4) is 16.9 Å². The van der Waals surface area contributed by atoms with E-state index in [1.54, 1.807) is 0 Å². The first-order chi connectivity index (χ1) is 10.9. The molecule has 0 aliphatic carbocycles. The summed E-state index contributed by atoms with van der Waals surface area (Å²) in [5.41, 5.74) is 2.81. The molecule has 0 bridgehead atoms. The van der Waals surface area contributed by atoms with Crippen LogP contribution in [0.5, 0.6) is 5.75 Å². The Labute approximate surface area is 141 Å². The summed E-state index contributed by atoms with van der Waals surface area (Å²) in [5, 5.41) is 0. The van der Waals surface area contributed by atoms with Gasteiger partial charge in [-0.25, -0.2) is 0 Å². The number of hydrogen-bond acceptors (Lipinski definition) is 2. The molecule has 0 amide bonds. The molecule has 0 aromatic heterocycles. The van der Waals surface area contributed by atoms with Gasteiger partial charge in [0.2, 0.25) is 0 Å². The van der Waals surface area contributed by atoms with Crippen molar-refractivity contribution in [3.05, 3.63) is 45.9 Å². The monoisotopic (exact) mass is 413 g/mol. The van der Waals surface area contributed by atoms with E-state index in [9.17, 15) is 26.3 Å². The second-order valence-corrected chi connectivity index (χ2v) is 5.72. The van der Waals surface area contributed by atoms with E-state index in [4.69, 9.17) is 10.5 Å². The zero-order valence-corrected chi connectivity index (χ0v) is 13.6. The summed E-state index contributed by atoms with van der Waals surface area (Å²) < 4.78 is 82.8. The Bertz CT molecular complexity index is 738. The standard InChI is InChI=1S/C15H10BrF6NO/c1-24-13-6-11(16)10(5-12(13)23)7-2-8(14(17,18)19)4-9(3-7)15(20,21)22/h2-6H,23H2,1H3. The van der Waals surface area contributed by atoms with Gasteiger partial charge in [-0.3, -0.25) is 0 Å². The lowest BCUT2D eigenvalue weighted by atomic mass is 9.98. The summed E-state index contributed by atoms with van der Waals surface area (Å²) in [5.74, 6) is 0.244. The van der Waals surface area contributed by atoms with E-state index in [0.29, 0.717) is 12.1 Å². The zero-order chi connectivity index (χ0) is 18.3. The number of nitrogens with two attached hydrogens (primary N) is 1. The quantitative estimate of drug-likeness (QED) is 0.502. The summed E-state index contributed by atoms with van der Waals surface area (Å²) in [6, 6.07) is 3.98. The highest BCUT2D eigenvalue weighted by atomic mass is 79.9. The third-order valence-corrected chi connectivity index (χ3v) is 3.87. The lowest BCUT2D eigenvalue weighted by Gasteiger charge is -2.16. The fourth-order valence-electron chi connectivity index (χ4n) is 2.08. The Kier molecular flexibility index (Phi) is 4.76. The van der Waals surface area contributed by atoms with E-state index in [1.165, 1.54) is 19.2 Å². The summed E-state index contributed by atoms with van der Waals surface area (Å²) in [6.45, 7) is 0. The second-order valence-electron chi connectivity index (χ2n) is 4.87. The largest absolute Gasteiger partial charge is 0.495 e. The molecule has 2 rings (SSSR count). The number of hydrogen-bond donors (Lipinski definition) is 1. The van der Waals surface area contributed by atoms with E-state index in [2.05, 4.69) is 15.9 Å². The van der Waals surface area contributed by atoms with Gasteiger partial charge in [0, 0.05) is 4.47 Å². The molecule has 0 spiro atoms. The average molecular weight is 414 g/mol. The molecule has 0 fully saturated rings. The summed E-state index contributed by atoms with van der Waals surface area (Å²) in [7, 11) is 1.34. The van der Waals surface area contributed by atoms with Crippen LogP contribution in [0.25, 0.3) is 11.1 Å². The maximum absolute atomic E-state index is 12.9. The summed E-state index contributed by atoms with van der Waals surface area (Å²) in [4.78, 5) is 0. The molecule has 2 aromatic rings. The number of benzene rings is 2. The number of ether oxygens (including phenoxy) is 1. The Morgan fingerprint density at radius 2 is 1.38 bits per heavy atom. The molecule has 0 saturated carbocycles. The van der Waals surface area contributed by atoms with Crippen LogP contribution in [0, 0.1) is 0 Å². The van der Waals surface area contributed by atoms with Crippen LogP contribution in [0.2, 0.25) is 0 Å². The first kappa shape index (κ1) is 18.4. The number of nitrogen functional groups attached to an aromatic ring is 1. The van der Waals surface area contributed by atoms with Gasteiger partial charge in [-0.1, -0.05) is 15.9 Å². The van der Waals surface area contributed by atoms with Gasteiger partial charge in [0.05, 0.1) is 23.9 Å². The molecule has 9 heteroatoms. The normalized spacial score (nSPS) is 12.3. The topological polar surface area (TPSA) is 35.2 Å². The zero-order valence-electron chi connectivity index (χ0n) is 12.0.